The van der Waals surface area contributed by atoms with Crippen molar-refractivity contribution >= 4 is 38.9 Å². The molecule has 2 aromatic carbocycles. The Kier molecular flexibility index (Phi) is 5.23. The number of hydrogen-bond donors (Lipinski definition) is 1. The van der Waals surface area contributed by atoms with Crippen molar-refractivity contribution in [1.82, 2.24) is 0 Å². The second kappa shape index (κ2) is 7.17. The number of rotatable bonds is 4. The SMILES string of the molecule is CC(C)(C)C(=O)N1CCc2ccc(NS(=O)(=O)Cc3cccc(Cl)c3)cc21. The molecule has 0 unspecified atom stereocenters. The molecule has 0 atom stereocenters. The zero-order valence-corrected chi connectivity index (χ0v) is 17.2. The van der Waals surface area contributed by atoms with E-state index in [-0.39, 0.29) is 11.7 Å². The second-order valence-corrected chi connectivity index (χ2v) is 9.95. The lowest BCUT2D eigenvalue weighted by Crippen LogP contribution is -2.38. The largest absolute Gasteiger partial charge is 0.311 e. The topological polar surface area (TPSA) is 66.5 Å². The standard InChI is InChI=1S/C20H23ClN2O3S/c1-20(2,3)19(24)23-10-9-15-7-8-17(12-18(15)23)22-27(25,26)13-14-5-4-6-16(21)11-14/h4-8,11-12,22H,9-10,13H2,1-3H3. The Morgan fingerprint density at radius 2 is 1.93 bits per heavy atom. The van der Waals surface area contributed by atoms with Crippen LogP contribution in [0.4, 0.5) is 11.4 Å². The molecule has 0 radical (unpaired) electrons. The number of sulfonamides is 1. The molecule has 3 rings (SSSR count). The Morgan fingerprint density at radius 3 is 2.59 bits per heavy atom. The number of anilines is 2. The summed E-state index contributed by atoms with van der Waals surface area (Å²) in [6.07, 6.45) is 0.771. The summed E-state index contributed by atoms with van der Waals surface area (Å²) < 4.78 is 27.6. The highest BCUT2D eigenvalue weighted by molar-refractivity contribution is 7.91. The van der Waals surface area contributed by atoms with E-state index < -0.39 is 15.4 Å². The summed E-state index contributed by atoms with van der Waals surface area (Å²) in [4.78, 5) is 14.4. The van der Waals surface area contributed by atoms with Gasteiger partial charge in [-0.15, -0.1) is 0 Å². The van der Waals surface area contributed by atoms with E-state index in [4.69, 9.17) is 11.6 Å². The summed E-state index contributed by atoms with van der Waals surface area (Å²) in [7, 11) is -3.60. The molecule has 1 aliphatic heterocycles. The van der Waals surface area contributed by atoms with Crippen molar-refractivity contribution in [2.24, 2.45) is 5.41 Å². The van der Waals surface area contributed by atoms with Gasteiger partial charge in [-0.2, -0.15) is 0 Å². The fourth-order valence-electron chi connectivity index (χ4n) is 3.12. The number of carbonyl (C=O) groups is 1. The average Bonchev–Trinajstić information content (AvgIpc) is 2.95. The highest BCUT2D eigenvalue weighted by Gasteiger charge is 2.32. The van der Waals surface area contributed by atoms with E-state index in [0.717, 1.165) is 17.7 Å². The third-order valence-electron chi connectivity index (χ3n) is 4.39. The van der Waals surface area contributed by atoms with E-state index in [2.05, 4.69) is 4.72 Å². The molecule has 27 heavy (non-hydrogen) atoms. The first-order valence-electron chi connectivity index (χ1n) is 8.75. The molecule has 144 valence electrons. The van der Waals surface area contributed by atoms with Crippen molar-refractivity contribution in [2.45, 2.75) is 32.9 Å². The van der Waals surface area contributed by atoms with E-state index in [9.17, 15) is 13.2 Å². The van der Waals surface area contributed by atoms with Crippen LogP contribution in [0.1, 0.15) is 31.9 Å². The van der Waals surface area contributed by atoms with Crippen LogP contribution in [0.2, 0.25) is 5.02 Å². The first-order chi connectivity index (χ1) is 12.5. The molecule has 0 aromatic heterocycles. The number of nitrogens with one attached hydrogen (secondary N) is 1. The van der Waals surface area contributed by atoms with Gasteiger partial charge in [-0.05, 0) is 41.8 Å². The Morgan fingerprint density at radius 1 is 1.19 bits per heavy atom. The molecule has 0 aliphatic carbocycles. The van der Waals surface area contributed by atoms with Gasteiger partial charge in [-0.25, -0.2) is 8.42 Å². The summed E-state index contributed by atoms with van der Waals surface area (Å²) in [5.74, 6) is -0.143. The maximum absolute atomic E-state index is 12.7. The predicted octanol–water partition coefficient (Wildman–Crippen LogP) is 4.22. The van der Waals surface area contributed by atoms with Gasteiger partial charge in [0.25, 0.3) is 0 Å². The van der Waals surface area contributed by atoms with Gasteiger partial charge in [-0.1, -0.05) is 50.6 Å². The molecule has 1 aliphatic rings. The average molecular weight is 407 g/mol. The number of halogens is 1. The van der Waals surface area contributed by atoms with Crippen LogP contribution in [-0.2, 0) is 27.0 Å². The van der Waals surface area contributed by atoms with E-state index >= 15 is 0 Å². The normalized spacial score (nSPS) is 14.1. The van der Waals surface area contributed by atoms with Gasteiger partial charge < -0.3 is 4.90 Å². The van der Waals surface area contributed by atoms with Crippen molar-refractivity contribution in [1.29, 1.82) is 0 Å². The maximum Gasteiger partial charge on any atom is 0.236 e. The van der Waals surface area contributed by atoms with E-state index in [1.54, 1.807) is 41.3 Å². The predicted molar refractivity (Wildman–Crippen MR) is 110 cm³/mol. The quantitative estimate of drug-likeness (QED) is 0.826. The van der Waals surface area contributed by atoms with Gasteiger partial charge in [-0.3, -0.25) is 9.52 Å². The molecule has 1 N–H and O–H groups in total. The number of hydrogen-bond acceptors (Lipinski definition) is 3. The molecule has 2 aromatic rings. The van der Waals surface area contributed by atoms with Crippen LogP contribution >= 0.6 is 11.6 Å². The van der Waals surface area contributed by atoms with Crippen molar-refractivity contribution in [3.63, 3.8) is 0 Å². The van der Waals surface area contributed by atoms with E-state index in [1.807, 2.05) is 26.8 Å². The third kappa shape index (κ3) is 4.62. The zero-order valence-electron chi connectivity index (χ0n) is 15.6. The summed E-state index contributed by atoms with van der Waals surface area (Å²) in [5.41, 5.74) is 2.39. The molecule has 7 heteroatoms. The summed E-state index contributed by atoms with van der Waals surface area (Å²) >= 11 is 5.93. The highest BCUT2D eigenvalue weighted by atomic mass is 35.5. The summed E-state index contributed by atoms with van der Waals surface area (Å²) in [6, 6.07) is 12.1. The first kappa shape index (κ1) is 19.7. The molecule has 1 heterocycles. The molecule has 0 spiro atoms. The third-order valence-corrected chi connectivity index (χ3v) is 5.88. The van der Waals surface area contributed by atoms with Gasteiger partial charge in [0.1, 0.15) is 0 Å². The van der Waals surface area contributed by atoms with Gasteiger partial charge in [0.05, 0.1) is 11.4 Å². The van der Waals surface area contributed by atoms with Crippen LogP contribution < -0.4 is 9.62 Å². The molecule has 0 bridgehead atoms. The molecule has 0 fully saturated rings. The van der Waals surface area contributed by atoms with Gasteiger partial charge >= 0.3 is 0 Å². The van der Waals surface area contributed by atoms with Gasteiger partial charge in [0.15, 0.2) is 0 Å². The first-order valence-corrected chi connectivity index (χ1v) is 10.8. The molecule has 0 saturated heterocycles. The van der Waals surface area contributed by atoms with Crippen LogP contribution in [-0.4, -0.2) is 20.9 Å². The minimum absolute atomic E-state index is 0.0279. The molecule has 5 nitrogen and oxygen atoms in total. The van der Waals surface area contributed by atoms with Crippen molar-refractivity contribution in [3.8, 4) is 0 Å². The second-order valence-electron chi connectivity index (χ2n) is 7.79. The van der Waals surface area contributed by atoms with Crippen LogP contribution in [0, 0.1) is 5.41 Å². The van der Waals surface area contributed by atoms with E-state index in [0.29, 0.717) is 22.8 Å². The maximum atomic E-state index is 12.7. The molecule has 0 saturated carbocycles. The molecular weight excluding hydrogens is 384 g/mol. The molecule has 1 amide bonds. The van der Waals surface area contributed by atoms with Crippen molar-refractivity contribution in [2.75, 3.05) is 16.2 Å². The van der Waals surface area contributed by atoms with Crippen LogP contribution in [0.25, 0.3) is 0 Å². The van der Waals surface area contributed by atoms with Crippen LogP contribution in [0.5, 0.6) is 0 Å². The van der Waals surface area contributed by atoms with E-state index in [1.165, 1.54) is 0 Å². The number of carbonyl (C=O) groups excluding carboxylic acids is 1. The van der Waals surface area contributed by atoms with Crippen LogP contribution in [0.3, 0.4) is 0 Å². The lowest BCUT2D eigenvalue weighted by molar-refractivity contribution is -0.125. The van der Waals surface area contributed by atoms with Crippen molar-refractivity contribution < 1.29 is 13.2 Å². The fraction of sp³-hybridized carbons (Fsp3) is 0.350. The van der Waals surface area contributed by atoms with Crippen LogP contribution in [0.15, 0.2) is 42.5 Å². The number of benzene rings is 2. The number of fused-ring (bicyclic) bond motifs is 1. The van der Waals surface area contributed by atoms with Crippen molar-refractivity contribution in [3.05, 3.63) is 58.6 Å². The fourth-order valence-corrected chi connectivity index (χ4v) is 4.51. The highest BCUT2D eigenvalue weighted by Crippen LogP contribution is 2.34. The number of nitrogens with zero attached hydrogens (tertiary/aromatic N) is 1. The molecular formula is C20H23ClN2O3S. The number of amides is 1. The summed E-state index contributed by atoms with van der Waals surface area (Å²) in [6.45, 7) is 6.25. The Balaban J connectivity index is 1.82. The lowest BCUT2D eigenvalue weighted by Gasteiger charge is -2.26. The minimum atomic E-state index is -3.60. The Bertz CT molecular complexity index is 981. The zero-order chi connectivity index (χ0) is 19.8. The monoisotopic (exact) mass is 406 g/mol. The van der Waals surface area contributed by atoms with Gasteiger partial charge in [0, 0.05) is 22.7 Å². The van der Waals surface area contributed by atoms with Gasteiger partial charge in [0.2, 0.25) is 15.9 Å². The smallest absolute Gasteiger partial charge is 0.236 e. The lowest BCUT2D eigenvalue weighted by atomic mass is 9.94. The summed E-state index contributed by atoms with van der Waals surface area (Å²) in [5, 5.41) is 0.497. The Hall–Kier alpha value is -2.05. The minimum Gasteiger partial charge on any atom is -0.311 e. The Labute approximate surface area is 165 Å².